The van der Waals surface area contributed by atoms with Crippen LogP contribution in [0.4, 0.5) is 0 Å². The van der Waals surface area contributed by atoms with Gasteiger partial charge in [0.05, 0.1) is 12.2 Å². The van der Waals surface area contributed by atoms with Gasteiger partial charge >= 0.3 is 5.97 Å². The summed E-state index contributed by atoms with van der Waals surface area (Å²) in [6.45, 7) is 3.28. The Balaban J connectivity index is 2.35. The second-order valence-corrected chi connectivity index (χ2v) is 5.36. The molecule has 0 aliphatic heterocycles. The lowest BCUT2D eigenvalue weighted by Crippen LogP contribution is -2.55. The third-order valence-electron chi connectivity index (χ3n) is 3.59. The molecule has 118 valence electrons. The molecule has 0 spiro atoms. The van der Waals surface area contributed by atoms with Crippen LogP contribution in [0.25, 0.3) is 11.0 Å². The Morgan fingerprint density at radius 1 is 1.41 bits per heavy atom. The van der Waals surface area contributed by atoms with Gasteiger partial charge in [-0.2, -0.15) is 0 Å². The predicted molar refractivity (Wildman–Crippen MR) is 81.0 cm³/mol. The van der Waals surface area contributed by atoms with Gasteiger partial charge in [0, 0.05) is 12.5 Å². The minimum atomic E-state index is -1.50. The van der Waals surface area contributed by atoms with E-state index in [-0.39, 0.29) is 6.61 Å². The van der Waals surface area contributed by atoms with Crippen LogP contribution in [-0.2, 0) is 16.0 Å². The highest BCUT2D eigenvalue weighted by molar-refractivity contribution is 6.07. The fraction of sp³-hybridized carbons (Fsp3) is 0.375. The van der Waals surface area contributed by atoms with E-state index in [2.05, 4.69) is 5.32 Å². The fourth-order valence-corrected chi connectivity index (χ4v) is 2.23. The number of ether oxygens (including phenoxy) is 1. The molecule has 2 aromatic rings. The largest absolute Gasteiger partial charge is 0.479 e. The summed E-state index contributed by atoms with van der Waals surface area (Å²) in [5.41, 5.74) is 0.471. The van der Waals surface area contributed by atoms with Gasteiger partial charge in [0.15, 0.2) is 5.54 Å². The van der Waals surface area contributed by atoms with Gasteiger partial charge in [-0.25, -0.2) is 4.79 Å². The Kier molecular flexibility index (Phi) is 4.51. The first kappa shape index (κ1) is 16.0. The molecule has 0 fully saturated rings. The average Bonchev–Trinajstić information content (AvgIpc) is 2.90. The SMILES string of the molecule is CCc1ccc2occ(C(=O)NC(C)(COC)C(=O)O)c2c1. The number of carbonyl (C=O) groups is 2. The maximum absolute atomic E-state index is 12.4. The van der Waals surface area contributed by atoms with Crippen molar-refractivity contribution in [2.75, 3.05) is 13.7 Å². The van der Waals surface area contributed by atoms with Crippen LogP contribution in [0.5, 0.6) is 0 Å². The summed E-state index contributed by atoms with van der Waals surface area (Å²) in [4.78, 5) is 23.8. The molecular weight excluding hydrogens is 286 g/mol. The predicted octanol–water partition coefficient (Wildman–Crippen LogP) is 2.21. The lowest BCUT2D eigenvalue weighted by Gasteiger charge is -2.25. The van der Waals surface area contributed by atoms with Crippen molar-refractivity contribution in [3.8, 4) is 0 Å². The van der Waals surface area contributed by atoms with Gasteiger partial charge in [-0.05, 0) is 31.0 Å². The number of hydrogen-bond donors (Lipinski definition) is 2. The van der Waals surface area contributed by atoms with E-state index >= 15 is 0 Å². The summed E-state index contributed by atoms with van der Waals surface area (Å²) in [6, 6.07) is 5.61. The van der Waals surface area contributed by atoms with Crippen molar-refractivity contribution in [3.05, 3.63) is 35.6 Å². The normalized spacial score (nSPS) is 13.8. The molecule has 0 saturated heterocycles. The van der Waals surface area contributed by atoms with E-state index in [0.717, 1.165) is 12.0 Å². The first-order valence-electron chi connectivity index (χ1n) is 6.96. The lowest BCUT2D eigenvalue weighted by molar-refractivity contribution is -0.145. The summed E-state index contributed by atoms with van der Waals surface area (Å²) >= 11 is 0. The molecule has 6 heteroatoms. The molecule has 0 aliphatic carbocycles. The van der Waals surface area contributed by atoms with Gasteiger partial charge < -0.3 is 19.6 Å². The summed E-state index contributed by atoms with van der Waals surface area (Å²) in [6.07, 6.45) is 2.17. The number of carboxylic acids is 1. The number of carbonyl (C=O) groups excluding carboxylic acids is 1. The zero-order chi connectivity index (χ0) is 16.3. The van der Waals surface area contributed by atoms with Crippen LogP contribution in [0.1, 0.15) is 29.8 Å². The molecule has 6 nitrogen and oxygen atoms in total. The maximum atomic E-state index is 12.4. The highest BCUT2D eigenvalue weighted by Gasteiger charge is 2.35. The zero-order valence-corrected chi connectivity index (χ0v) is 12.8. The lowest BCUT2D eigenvalue weighted by atomic mass is 10.0. The Labute approximate surface area is 128 Å². The van der Waals surface area contributed by atoms with E-state index in [1.807, 2.05) is 19.1 Å². The van der Waals surface area contributed by atoms with Crippen molar-refractivity contribution in [1.82, 2.24) is 5.32 Å². The van der Waals surface area contributed by atoms with Crippen molar-refractivity contribution >= 4 is 22.8 Å². The number of carboxylic acid groups (broad SMARTS) is 1. The van der Waals surface area contributed by atoms with Crippen LogP contribution >= 0.6 is 0 Å². The molecule has 1 aromatic heterocycles. The molecule has 2 rings (SSSR count). The molecule has 22 heavy (non-hydrogen) atoms. The number of aryl methyl sites for hydroxylation is 1. The Bertz CT molecular complexity index is 706. The average molecular weight is 305 g/mol. The van der Waals surface area contributed by atoms with Crippen molar-refractivity contribution < 1.29 is 23.8 Å². The van der Waals surface area contributed by atoms with E-state index in [0.29, 0.717) is 16.5 Å². The molecule has 1 amide bonds. The van der Waals surface area contributed by atoms with Crippen LogP contribution in [0.3, 0.4) is 0 Å². The minimum Gasteiger partial charge on any atom is -0.479 e. The summed E-state index contributed by atoms with van der Waals surface area (Å²) in [7, 11) is 1.38. The third kappa shape index (κ3) is 2.96. The van der Waals surface area contributed by atoms with Crippen molar-refractivity contribution in [1.29, 1.82) is 0 Å². The first-order valence-corrected chi connectivity index (χ1v) is 6.96. The topological polar surface area (TPSA) is 88.8 Å². The minimum absolute atomic E-state index is 0.135. The molecule has 1 unspecified atom stereocenters. The van der Waals surface area contributed by atoms with Gasteiger partial charge in [-0.15, -0.1) is 0 Å². The van der Waals surface area contributed by atoms with Crippen molar-refractivity contribution in [3.63, 3.8) is 0 Å². The van der Waals surface area contributed by atoms with Gasteiger partial charge in [0.1, 0.15) is 11.8 Å². The van der Waals surface area contributed by atoms with Gasteiger partial charge in [0.25, 0.3) is 5.91 Å². The highest BCUT2D eigenvalue weighted by Crippen LogP contribution is 2.23. The number of methoxy groups -OCH3 is 1. The zero-order valence-electron chi connectivity index (χ0n) is 12.8. The molecule has 0 bridgehead atoms. The number of hydrogen-bond acceptors (Lipinski definition) is 4. The molecule has 1 aromatic carbocycles. The summed E-state index contributed by atoms with van der Waals surface area (Å²) < 4.78 is 10.3. The molecule has 1 heterocycles. The molecule has 0 aliphatic rings. The van der Waals surface area contributed by atoms with E-state index in [1.165, 1.54) is 20.3 Å². The van der Waals surface area contributed by atoms with Crippen LogP contribution in [-0.4, -0.2) is 36.2 Å². The van der Waals surface area contributed by atoms with Crippen LogP contribution in [0, 0.1) is 0 Å². The van der Waals surface area contributed by atoms with Gasteiger partial charge in [-0.3, -0.25) is 4.79 Å². The monoisotopic (exact) mass is 305 g/mol. The summed E-state index contributed by atoms with van der Waals surface area (Å²) in [5.74, 6) is -1.67. The standard InChI is InChI=1S/C16H19NO5/c1-4-10-5-6-13-11(7-10)12(8-22-13)14(18)17-16(2,9-21-3)15(19)20/h5-8H,4,9H2,1-3H3,(H,17,18)(H,19,20). The highest BCUT2D eigenvalue weighted by atomic mass is 16.5. The van der Waals surface area contributed by atoms with E-state index in [4.69, 9.17) is 9.15 Å². The molecular formula is C16H19NO5. The van der Waals surface area contributed by atoms with Crippen LogP contribution < -0.4 is 5.32 Å². The Morgan fingerprint density at radius 2 is 2.14 bits per heavy atom. The second-order valence-electron chi connectivity index (χ2n) is 5.36. The number of furan rings is 1. The Hall–Kier alpha value is -2.34. The fourth-order valence-electron chi connectivity index (χ4n) is 2.23. The van der Waals surface area contributed by atoms with E-state index in [1.54, 1.807) is 6.07 Å². The molecule has 1 atom stereocenters. The van der Waals surface area contributed by atoms with Crippen LogP contribution in [0.15, 0.2) is 28.9 Å². The number of rotatable bonds is 6. The van der Waals surface area contributed by atoms with Crippen LogP contribution in [0.2, 0.25) is 0 Å². The van der Waals surface area contributed by atoms with Crippen molar-refractivity contribution in [2.24, 2.45) is 0 Å². The number of benzene rings is 1. The molecule has 0 saturated carbocycles. The number of amides is 1. The van der Waals surface area contributed by atoms with Gasteiger partial charge in [-0.1, -0.05) is 13.0 Å². The summed E-state index contributed by atoms with van der Waals surface area (Å²) in [5, 5.41) is 12.5. The van der Waals surface area contributed by atoms with Crippen molar-refractivity contribution in [2.45, 2.75) is 25.8 Å². The number of aliphatic carboxylic acids is 1. The number of fused-ring (bicyclic) bond motifs is 1. The third-order valence-corrected chi connectivity index (χ3v) is 3.59. The van der Waals surface area contributed by atoms with E-state index < -0.39 is 17.4 Å². The van der Waals surface area contributed by atoms with Gasteiger partial charge in [0.2, 0.25) is 0 Å². The molecule has 2 N–H and O–H groups in total. The second kappa shape index (κ2) is 6.19. The smallest absolute Gasteiger partial charge is 0.331 e. The first-order chi connectivity index (χ1) is 10.4. The number of nitrogens with one attached hydrogen (secondary N) is 1. The molecule has 0 radical (unpaired) electrons. The van der Waals surface area contributed by atoms with E-state index in [9.17, 15) is 14.7 Å². The quantitative estimate of drug-likeness (QED) is 0.854. The maximum Gasteiger partial charge on any atom is 0.331 e. The Morgan fingerprint density at radius 3 is 2.73 bits per heavy atom.